The normalized spacial score (nSPS) is 13.3. The molecule has 1 heterocycles. The highest BCUT2D eigenvalue weighted by atomic mass is 16.3. The average molecular weight is 238 g/mol. The SMILES string of the molecule is CCc1cc(CC(O)C(CC)CC)n(CC)n1. The predicted molar refractivity (Wildman–Crippen MR) is 71.1 cm³/mol. The first-order chi connectivity index (χ1) is 8.15. The summed E-state index contributed by atoms with van der Waals surface area (Å²) < 4.78 is 2.02. The van der Waals surface area contributed by atoms with E-state index in [0.717, 1.165) is 37.9 Å². The van der Waals surface area contributed by atoms with Crippen molar-refractivity contribution in [1.82, 2.24) is 9.78 Å². The zero-order chi connectivity index (χ0) is 12.8. The molecule has 0 amide bonds. The van der Waals surface area contributed by atoms with Gasteiger partial charge < -0.3 is 5.11 Å². The maximum absolute atomic E-state index is 10.2. The Morgan fingerprint density at radius 3 is 2.35 bits per heavy atom. The molecular formula is C14H26N2O. The van der Waals surface area contributed by atoms with E-state index in [-0.39, 0.29) is 6.10 Å². The number of hydrogen-bond acceptors (Lipinski definition) is 2. The molecule has 0 saturated heterocycles. The zero-order valence-corrected chi connectivity index (χ0v) is 11.6. The van der Waals surface area contributed by atoms with Crippen molar-refractivity contribution in [3.63, 3.8) is 0 Å². The molecule has 0 spiro atoms. The van der Waals surface area contributed by atoms with E-state index in [1.54, 1.807) is 0 Å². The lowest BCUT2D eigenvalue weighted by molar-refractivity contribution is 0.101. The molecule has 0 saturated carbocycles. The van der Waals surface area contributed by atoms with Gasteiger partial charge in [-0.1, -0.05) is 33.6 Å². The van der Waals surface area contributed by atoms with Crippen LogP contribution in [0.2, 0.25) is 0 Å². The second kappa shape index (κ2) is 6.80. The predicted octanol–water partition coefficient (Wildman–Crippen LogP) is 2.81. The average Bonchev–Trinajstić information content (AvgIpc) is 2.73. The smallest absolute Gasteiger partial charge is 0.0624 e. The highest BCUT2D eigenvalue weighted by Crippen LogP contribution is 2.18. The lowest BCUT2D eigenvalue weighted by Gasteiger charge is -2.20. The Labute approximate surface area is 105 Å². The summed E-state index contributed by atoms with van der Waals surface area (Å²) in [6, 6.07) is 2.13. The van der Waals surface area contributed by atoms with E-state index < -0.39 is 0 Å². The number of hydrogen-bond donors (Lipinski definition) is 1. The number of nitrogens with zero attached hydrogens (tertiary/aromatic N) is 2. The Kier molecular flexibility index (Phi) is 5.69. The molecule has 1 rings (SSSR count). The second-order valence-corrected chi connectivity index (χ2v) is 4.64. The molecule has 1 unspecified atom stereocenters. The molecule has 3 nitrogen and oxygen atoms in total. The van der Waals surface area contributed by atoms with Crippen molar-refractivity contribution in [2.45, 2.75) is 66.0 Å². The summed E-state index contributed by atoms with van der Waals surface area (Å²) in [7, 11) is 0. The molecule has 1 aromatic rings. The number of aromatic nitrogens is 2. The molecule has 1 atom stereocenters. The van der Waals surface area contributed by atoms with E-state index in [1.807, 2.05) is 4.68 Å². The third kappa shape index (κ3) is 3.56. The van der Waals surface area contributed by atoms with E-state index in [9.17, 15) is 5.11 Å². The minimum atomic E-state index is -0.239. The minimum Gasteiger partial charge on any atom is -0.392 e. The van der Waals surface area contributed by atoms with Gasteiger partial charge in [-0.05, 0) is 25.3 Å². The first kappa shape index (κ1) is 14.2. The molecular weight excluding hydrogens is 212 g/mol. The highest BCUT2D eigenvalue weighted by Gasteiger charge is 2.18. The Morgan fingerprint density at radius 1 is 1.24 bits per heavy atom. The van der Waals surface area contributed by atoms with Crippen molar-refractivity contribution >= 4 is 0 Å². The number of aliphatic hydroxyl groups is 1. The molecule has 0 aliphatic carbocycles. The maximum Gasteiger partial charge on any atom is 0.0624 e. The lowest BCUT2D eigenvalue weighted by atomic mass is 9.93. The molecule has 98 valence electrons. The van der Waals surface area contributed by atoms with Gasteiger partial charge in [0, 0.05) is 18.7 Å². The number of aliphatic hydroxyl groups excluding tert-OH is 1. The van der Waals surface area contributed by atoms with Crippen LogP contribution in [0.1, 0.15) is 51.9 Å². The van der Waals surface area contributed by atoms with E-state index in [2.05, 4.69) is 38.9 Å². The Bertz CT molecular complexity index is 329. The number of rotatable bonds is 7. The Balaban J connectivity index is 2.75. The molecule has 1 aromatic heterocycles. The minimum absolute atomic E-state index is 0.239. The van der Waals surface area contributed by atoms with Crippen molar-refractivity contribution in [1.29, 1.82) is 0 Å². The van der Waals surface area contributed by atoms with Crippen LogP contribution in [0, 0.1) is 5.92 Å². The van der Waals surface area contributed by atoms with Gasteiger partial charge >= 0.3 is 0 Å². The summed E-state index contributed by atoms with van der Waals surface area (Å²) in [6.45, 7) is 9.38. The molecule has 17 heavy (non-hydrogen) atoms. The van der Waals surface area contributed by atoms with E-state index >= 15 is 0 Å². The van der Waals surface area contributed by atoms with Crippen LogP contribution in [0.15, 0.2) is 6.07 Å². The quantitative estimate of drug-likeness (QED) is 0.793. The summed E-state index contributed by atoms with van der Waals surface area (Å²) in [6.07, 6.45) is 3.53. The summed E-state index contributed by atoms with van der Waals surface area (Å²) in [5, 5.41) is 14.7. The molecule has 3 heteroatoms. The molecule has 0 radical (unpaired) electrons. The van der Waals surface area contributed by atoms with Gasteiger partial charge in [-0.2, -0.15) is 5.10 Å². The van der Waals surface area contributed by atoms with E-state index in [4.69, 9.17) is 0 Å². The monoisotopic (exact) mass is 238 g/mol. The second-order valence-electron chi connectivity index (χ2n) is 4.64. The van der Waals surface area contributed by atoms with Crippen molar-refractivity contribution in [2.75, 3.05) is 0 Å². The summed E-state index contributed by atoms with van der Waals surface area (Å²) >= 11 is 0. The topological polar surface area (TPSA) is 38.0 Å². The van der Waals surface area contributed by atoms with Crippen molar-refractivity contribution in [3.8, 4) is 0 Å². The fourth-order valence-corrected chi connectivity index (χ4v) is 2.34. The summed E-state index contributed by atoms with van der Waals surface area (Å²) in [5.41, 5.74) is 2.29. The van der Waals surface area contributed by atoms with Gasteiger partial charge in [0.05, 0.1) is 11.8 Å². The van der Waals surface area contributed by atoms with E-state index in [0.29, 0.717) is 5.92 Å². The first-order valence-electron chi connectivity index (χ1n) is 6.89. The van der Waals surface area contributed by atoms with Crippen LogP contribution in [0.5, 0.6) is 0 Å². The number of aryl methyl sites for hydroxylation is 2. The first-order valence-corrected chi connectivity index (χ1v) is 6.89. The highest BCUT2D eigenvalue weighted by molar-refractivity contribution is 5.11. The van der Waals surface area contributed by atoms with Crippen LogP contribution >= 0.6 is 0 Å². The van der Waals surface area contributed by atoms with Crippen LogP contribution in [-0.2, 0) is 19.4 Å². The van der Waals surface area contributed by atoms with Crippen LogP contribution in [0.25, 0.3) is 0 Å². The van der Waals surface area contributed by atoms with Crippen LogP contribution in [0.3, 0.4) is 0 Å². The summed E-state index contributed by atoms with van der Waals surface area (Å²) in [5.74, 6) is 0.403. The van der Waals surface area contributed by atoms with Gasteiger partial charge in [-0.15, -0.1) is 0 Å². The molecule has 0 aromatic carbocycles. The van der Waals surface area contributed by atoms with E-state index in [1.165, 1.54) is 5.69 Å². The molecule has 1 N–H and O–H groups in total. The molecule has 0 bridgehead atoms. The Hall–Kier alpha value is -0.830. The van der Waals surface area contributed by atoms with Crippen LogP contribution in [-0.4, -0.2) is 21.0 Å². The zero-order valence-electron chi connectivity index (χ0n) is 11.6. The fourth-order valence-electron chi connectivity index (χ4n) is 2.34. The Morgan fingerprint density at radius 2 is 1.88 bits per heavy atom. The molecule has 0 aliphatic heterocycles. The van der Waals surface area contributed by atoms with Crippen molar-refractivity contribution in [2.24, 2.45) is 5.92 Å². The van der Waals surface area contributed by atoms with Gasteiger partial charge in [0.15, 0.2) is 0 Å². The van der Waals surface area contributed by atoms with Gasteiger partial charge in [-0.25, -0.2) is 0 Å². The largest absolute Gasteiger partial charge is 0.392 e. The maximum atomic E-state index is 10.2. The lowest BCUT2D eigenvalue weighted by Crippen LogP contribution is -2.23. The van der Waals surface area contributed by atoms with Crippen LogP contribution in [0.4, 0.5) is 0 Å². The summed E-state index contributed by atoms with van der Waals surface area (Å²) in [4.78, 5) is 0. The standard InChI is InChI=1S/C14H26N2O/c1-5-11(6-2)14(17)10-13-9-12(7-3)15-16(13)8-4/h9,11,14,17H,5-8,10H2,1-4H3. The molecule has 0 aliphatic rings. The van der Waals surface area contributed by atoms with Gasteiger partial charge in [0.2, 0.25) is 0 Å². The van der Waals surface area contributed by atoms with Gasteiger partial charge in [0.1, 0.15) is 0 Å². The van der Waals surface area contributed by atoms with Crippen molar-refractivity contribution < 1.29 is 5.11 Å². The van der Waals surface area contributed by atoms with Crippen molar-refractivity contribution in [3.05, 3.63) is 17.5 Å². The fraction of sp³-hybridized carbons (Fsp3) is 0.786. The van der Waals surface area contributed by atoms with Crippen LogP contribution < -0.4 is 0 Å². The van der Waals surface area contributed by atoms with Gasteiger partial charge in [0.25, 0.3) is 0 Å². The third-order valence-corrected chi connectivity index (χ3v) is 3.59. The van der Waals surface area contributed by atoms with Gasteiger partial charge in [-0.3, -0.25) is 4.68 Å². The molecule has 0 fully saturated rings. The third-order valence-electron chi connectivity index (χ3n) is 3.59.